The van der Waals surface area contributed by atoms with Crippen molar-refractivity contribution in [3.05, 3.63) is 81.9 Å². The molecule has 0 fully saturated rings. The zero-order valence-corrected chi connectivity index (χ0v) is 16.6. The van der Waals surface area contributed by atoms with Gasteiger partial charge in [0, 0.05) is 24.7 Å². The molecule has 0 aliphatic carbocycles. The third-order valence-electron chi connectivity index (χ3n) is 4.76. The highest BCUT2D eigenvalue weighted by Crippen LogP contribution is 2.24. The minimum atomic E-state index is -0.757. The Morgan fingerprint density at radius 3 is 2.40 bits per heavy atom. The monoisotopic (exact) mass is 409 g/mol. The summed E-state index contributed by atoms with van der Waals surface area (Å²) in [5, 5.41) is 15.3. The van der Waals surface area contributed by atoms with Crippen LogP contribution in [0.25, 0.3) is 5.69 Å². The molecule has 1 amide bonds. The fraction of sp³-hybridized carbons (Fsp3) is 0.200. The molecule has 0 radical (unpaired) electrons. The van der Waals surface area contributed by atoms with E-state index in [9.17, 15) is 19.7 Å². The molecule has 1 heterocycles. The van der Waals surface area contributed by atoms with Gasteiger partial charge in [-0.1, -0.05) is 12.1 Å². The Labute approximate surface area is 171 Å². The van der Waals surface area contributed by atoms with Crippen LogP contribution in [0.5, 0.6) is 0 Å². The molecule has 30 heavy (non-hydrogen) atoms. The van der Waals surface area contributed by atoms with Crippen LogP contribution in [0.15, 0.2) is 55.1 Å². The van der Waals surface area contributed by atoms with E-state index in [1.807, 2.05) is 31.2 Å². The van der Waals surface area contributed by atoms with Gasteiger partial charge in [0.1, 0.15) is 12.7 Å². The van der Waals surface area contributed by atoms with Gasteiger partial charge in [-0.05, 0) is 30.7 Å². The molecular weight excluding hydrogens is 390 g/mol. The van der Waals surface area contributed by atoms with Gasteiger partial charge in [-0.25, -0.2) is 14.5 Å². The quantitative estimate of drug-likeness (QED) is 0.349. The highest BCUT2D eigenvalue weighted by molar-refractivity contribution is 5.99. The number of ether oxygens (including phenoxy) is 1. The fourth-order valence-corrected chi connectivity index (χ4v) is 2.93. The first-order chi connectivity index (χ1) is 14.3. The van der Waals surface area contributed by atoms with Gasteiger partial charge in [0.05, 0.1) is 29.3 Å². The number of esters is 1. The van der Waals surface area contributed by atoms with E-state index in [4.69, 9.17) is 0 Å². The van der Waals surface area contributed by atoms with Crippen LogP contribution in [0.1, 0.15) is 39.2 Å². The van der Waals surface area contributed by atoms with Crippen LogP contribution < -0.4 is 0 Å². The zero-order valence-electron chi connectivity index (χ0n) is 16.6. The lowest BCUT2D eigenvalue weighted by molar-refractivity contribution is -0.384. The zero-order chi connectivity index (χ0) is 21.8. The van der Waals surface area contributed by atoms with E-state index >= 15 is 0 Å². The van der Waals surface area contributed by atoms with Crippen molar-refractivity contribution in [2.24, 2.45) is 0 Å². The number of nitrogens with zero attached hydrogens (tertiary/aromatic N) is 5. The number of hydrogen-bond donors (Lipinski definition) is 0. The molecule has 0 bridgehead atoms. The molecule has 1 aromatic heterocycles. The number of rotatable bonds is 6. The van der Waals surface area contributed by atoms with Crippen molar-refractivity contribution in [2.45, 2.75) is 13.0 Å². The Kier molecular flexibility index (Phi) is 5.86. The molecule has 3 aromatic rings. The smallest absolute Gasteiger partial charge is 0.338 e. The van der Waals surface area contributed by atoms with Crippen molar-refractivity contribution in [2.75, 3.05) is 14.2 Å². The molecular formula is C20H19N5O5. The number of benzene rings is 2. The van der Waals surface area contributed by atoms with Crippen molar-refractivity contribution in [3.63, 3.8) is 0 Å². The van der Waals surface area contributed by atoms with Gasteiger partial charge >= 0.3 is 5.97 Å². The molecule has 10 nitrogen and oxygen atoms in total. The molecule has 0 N–H and O–H groups in total. The Balaban J connectivity index is 1.86. The number of carbonyl (C=O) groups excluding carboxylic acids is 2. The summed E-state index contributed by atoms with van der Waals surface area (Å²) in [5.74, 6) is -1.22. The minimum absolute atomic E-state index is 0.0261. The van der Waals surface area contributed by atoms with Crippen LogP contribution in [0.2, 0.25) is 0 Å². The number of methoxy groups -OCH3 is 1. The maximum Gasteiger partial charge on any atom is 0.338 e. The summed E-state index contributed by atoms with van der Waals surface area (Å²) in [4.78, 5) is 40.7. The van der Waals surface area contributed by atoms with E-state index in [1.165, 1.54) is 24.4 Å². The van der Waals surface area contributed by atoms with E-state index in [1.54, 1.807) is 18.1 Å². The predicted molar refractivity (Wildman–Crippen MR) is 106 cm³/mol. The van der Waals surface area contributed by atoms with Gasteiger partial charge in [-0.2, -0.15) is 5.10 Å². The second-order valence-electron chi connectivity index (χ2n) is 6.54. The van der Waals surface area contributed by atoms with Crippen LogP contribution in [0, 0.1) is 10.1 Å². The van der Waals surface area contributed by atoms with Gasteiger partial charge in [-0.3, -0.25) is 14.9 Å². The molecule has 154 valence electrons. The summed E-state index contributed by atoms with van der Waals surface area (Å²) in [6.07, 6.45) is 3.01. The van der Waals surface area contributed by atoms with Crippen LogP contribution >= 0.6 is 0 Å². The SMILES string of the molecule is COC(=O)c1cc(C(=O)N(C)C(C)c2ccc(-n3cncn3)cc2)cc([N+](=O)[O-])c1. The summed E-state index contributed by atoms with van der Waals surface area (Å²) in [6.45, 7) is 1.83. The molecule has 3 rings (SSSR count). The van der Waals surface area contributed by atoms with Crippen LogP contribution in [-0.4, -0.2) is 50.6 Å². The van der Waals surface area contributed by atoms with Crippen molar-refractivity contribution in [3.8, 4) is 5.69 Å². The third kappa shape index (κ3) is 4.17. The maximum atomic E-state index is 13.0. The molecule has 1 atom stereocenters. The van der Waals surface area contributed by atoms with Gasteiger partial charge in [0.2, 0.25) is 0 Å². The first kappa shape index (κ1) is 20.6. The predicted octanol–water partition coefficient (Wildman–Crippen LogP) is 2.80. The Hall–Kier alpha value is -4.08. The fourth-order valence-electron chi connectivity index (χ4n) is 2.93. The Morgan fingerprint density at radius 1 is 1.17 bits per heavy atom. The van der Waals surface area contributed by atoms with E-state index < -0.39 is 16.8 Å². The van der Waals surface area contributed by atoms with Crippen LogP contribution in [0.4, 0.5) is 5.69 Å². The number of hydrogen-bond acceptors (Lipinski definition) is 7. The van der Waals surface area contributed by atoms with E-state index in [0.29, 0.717) is 0 Å². The average Bonchev–Trinajstić information content (AvgIpc) is 3.31. The second-order valence-corrected chi connectivity index (χ2v) is 6.54. The molecule has 0 saturated carbocycles. The van der Waals surface area contributed by atoms with Gasteiger partial charge in [0.15, 0.2) is 0 Å². The van der Waals surface area contributed by atoms with Crippen LogP contribution in [-0.2, 0) is 4.74 Å². The molecule has 2 aromatic carbocycles. The lowest BCUT2D eigenvalue weighted by Gasteiger charge is -2.25. The lowest BCUT2D eigenvalue weighted by Crippen LogP contribution is -2.30. The Bertz CT molecular complexity index is 1080. The molecule has 1 unspecified atom stereocenters. The number of amides is 1. The topological polar surface area (TPSA) is 120 Å². The average molecular weight is 409 g/mol. The summed E-state index contributed by atoms with van der Waals surface area (Å²) in [7, 11) is 2.76. The molecule has 0 spiro atoms. The molecule has 0 saturated heterocycles. The summed E-state index contributed by atoms with van der Waals surface area (Å²) < 4.78 is 6.24. The maximum absolute atomic E-state index is 13.0. The van der Waals surface area contributed by atoms with E-state index in [-0.39, 0.29) is 22.9 Å². The third-order valence-corrected chi connectivity index (χ3v) is 4.76. The number of aromatic nitrogens is 3. The van der Waals surface area contributed by atoms with Gasteiger partial charge in [0.25, 0.3) is 11.6 Å². The number of non-ortho nitro benzene ring substituents is 1. The van der Waals surface area contributed by atoms with Gasteiger partial charge in [-0.15, -0.1) is 0 Å². The number of nitro groups is 1. The van der Waals surface area contributed by atoms with Crippen molar-refractivity contribution in [1.82, 2.24) is 19.7 Å². The molecule has 10 heteroatoms. The first-order valence-corrected chi connectivity index (χ1v) is 8.91. The standard InChI is InChI=1S/C20H19N5O5/c1-13(14-4-6-17(7-5-14)24-12-21-11-22-24)23(2)19(26)15-8-16(20(27)30-3)10-18(9-15)25(28)29/h4-13H,1-3H3. The van der Waals surface area contributed by atoms with Crippen molar-refractivity contribution < 1.29 is 19.2 Å². The normalized spacial score (nSPS) is 11.6. The van der Waals surface area contributed by atoms with Gasteiger partial charge < -0.3 is 9.64 Å². The van der Waals surface area contributed by atoms with Crippen LogP contribution in [0.3, 0.4) is 0 Å². The molecule has 0 aliphatic heterocycles. The summed E-state index contributed by atoms with van der Waals surface area (Å²) >= 11 is 0. The highest BCUT2D eigenvalue weighted by Gasteiger charge is 2.23. The Morgan fingerprint density at radius 2 is 1.83 bits per heavy atom. The largest absolute Gasteiger partial charge is 0.465 e. The highest BCUT2D eigenvalue weighted by atomic mass is 16.6. The number of carbonyl (C=O) groups is 2. The number of nitro benzene ring substituents is 1. The van der Waals surface area contributed by atoms with Crippen molar-refractivity contribution >= 4 is 17.6 Å². The lowest BCUT2D eigenvalue weighted by atomic mass is 10.0. The summed E-state index contributed by atoms with van der Waals surface area (Å²) in [6, 6.07) is 10.6. The second kappa shape index (κ2) is 8.52. The first-order valence-electron chi connectivity index (χ1n) is 8.91. The minimum Gasteiger partial charge on any atom is -0.465 e. The van der Waals surface area contributed by atoms with E-state index in [0.717, 1.165) is 23.4 Å². The molecule has 0 aliphatic rings. The van der Waals surface area contributed by atoms with E-state index in [2.05, 4.69) is 14.8 Å². The summed E-state index contributed by atoms with van der Waals surface area (Å²) in [5.41, 5.74) is 1.28. The van der Waals surface area contributed by atoms with Crippen molar-refractivity contribution in [1.29, 1.82) is 0 Å².